The van der Waals surface area contributed by atoms with Crippen LogP contribution in [0, 0.1) is 5.82 Å². The number of hydrogen-bond acceptors (Lipinski definition) is 2. The van der Waals surface area contributed by atoms with E-state index in [-0.39, 0.29) is 11.9 Å². The molecule has 2 aromatic rings. The second kappa shape index (κ2) is 7.82. The van der Waals surface area contributed by atoms with E-state index in [0.717, 1.165) is 11.1 Å². The quantitative estimate of drug-likeness (QED) is 0.778. The maximum atomic E-state index is 12.8. The van der Waals surface area contributed by atoms with Gasteiger partial charge in [-0.25, -0.2) is 4.39 Å². The first-order valence-corrected chi connectivity index (χ1v) is 7.81. The summed E-state index contributed by atoms with van der Waals surface area (Å²) in [4.78, 5) is 0. The van der Waals surface area contributed by atoms with Gasteiger partial charge in [-0.15, -0.1) is 0 Å². The second-order valence-corrected chi connectivity index (χ2v) is 6.10. The van der Waals surface area contributed by atoms with Gasteiger partial charge in [-0.3, -0.25) is 0 Å². The Hall–Kier alpha value is -1.29. The van der Waals surface area contributed by atoms with Crippen molar-refractivity contribution in [3.8, 4) is 5.75 Å². The van der Waals surface area contributed by atoms with Gasteiger partial charge in [0.15, 0.2) is 5.75 Å². The van der Waals surface area contributed by atoms with Crippen molar-refractivity contribution in [1.82, 2.24) is 5.32 Å². The van der Waals surface area contributed by atoms with Crippen LogP contribution in [-0.4, -0.2) is 6.10 Å². The maximum absolute atomic E-state index is 12.8. The first-order valence-electron chi connectivity index (χ1n) is 7.05. The van der Waals surface area contributed by atoms with Crippen molar-refractivity contribution in [2.24, 2.45) is 0 Å². The molecule has 0 atom stereocenters. The number of hydrogen-bond donors (Lipinski definition) is 1. The molecule has 1 N–H and O–H groups in total. The molecule has 0 aliphatic heterocycles. The Labute approximate surface area is 140 Å². The number of rotatable bonds is 6. The minimum Gasteiger partial charge on any atom is -0.488 e. The summed E-state index contributed by atoms with van der Waals surface area (Å²) in [6.07, 6.45) is 0.0115. The standard InChI is InChI=1S/C17H18Cl2FNO/c1-11(2)22-17-15(18)7-13(8-16(17)19)10-21-9-12-3-5-14(20)6-4-12/h3-8,11,21H,9-10H2,1-2H3. The highest BCUT2D eigenvalue weighted by Gasteiger charge is 2.11. The van der Waals surface area contributed by atoms with Crippen molar-refractivity contribution in [3.05, 3.63) is 63.4 Å². The van der Waals surface area contributed by atoms with E-state index in [1.54, 1.807) is 12.1 Å². The molecule has 0 amide bonds. The highest BCUT2D eigenvalue weighted by atomic mass is 35.5. The molecule has 0 fully saturated rings. The zero-order chi connectivity index (χ0) is 16.1. The van der Waals surface area contributed by atoms with E-state index < -0.39 is 0 Å². The molecule has 2 rings (SSSR count). The van der Waals surface area contributed by atoms with Gasteiger partial charge in [0.05, 0.1) is 16.1 Å². The molecule has 5 heteroatoms. The summed E-state index contributed by atoms with van der Waals surface area (Å²) in [7, 11) is 0. The van der Waals surface area contributed by atoms with E-state index in [0.29, 0.717) is 28.9 Å². The highest BCUT2D eigenvalue weighted by Crippen LogP contribution is 2.34. The first kappa shape index (κ1) is 17.1. The van der Waals surface area contributed by atoms with Crippen LogP contribution >= 0.6 is 23.2 Å². The van der Waals surface area contributed by atoms with Crippen LogP contribution < -0.4 is 10.1 Å². The lowest BCUT2D eigenvalue weighted by molar-refractivity contribution is 0.242. The van der Waals surface area contributed by atoms with E-state index >= 15 is 0 Å². The largest absolute Gasteiger partial charge is 0.488 e. The van der Waals surface area contributed by atoms with Crippen molar-refractivity contribution >= 4 is 23.2 Å². The molecule has 2 nitrogen and oxygen atoms in total. The summed E-state index contributed by atoms with van der Waals surface area (Å²) >= 11 is 12.4. The zero-order valence-corrected chi connectivity index (χ0v) is 14.0. The van der Waals surface area contributed by atoms with Crippen LogP contribution in [0.1, 0.15) is 25.0 Å². The molecule has 0 radical (unpaired) electrons. The number of benzene rings is 2. The molecule has 0 saturated carbocycles. The molecule has 0 aliphatic carbocycles. The van der Waals surface area contributed by atoms with Crippen LogP contribution in [-0.2, 0) is 13.1 Å². The predicted octanol–water partition coefficient (Wildman–Crippen LogP) is 5.21. The molecule has 22 heavy (non-hydrogen) atoms. The van der Waals surface area contributed by atoms with Gasteiger partial charge >= 0.3 is 0 Å². The van der Waals surface area contributed by atoms with Crippen LogP contribution in [0.5, 0.6) is 5.75 Å². The Bertz CT molecular complexity index is 606. The number of ether oxygens (including phenoxy) is 1. The smallest absolute Gasteiger partial charge is 0.156 e. The monoisotopic (exact) mass is 341 g/mol. The third kappa shape index (κ3) is 4.87. The topological polar surface area (TPSA) is 21.3 Å². The third-order valence-electron chi connectivity index (χ3n) is 2.98. The molecule has 118 valence electrons. The minimum absolute atomic E-state index is 0.0115. The molecule has 0 aromatic heterocycles. The summed E-state index contributed by atoms with van der Waals surface area (Å²) in [5, 5.41) is 4.27. The molecule has 0 aliphatic rings. The Morgan fingerprint density at radius 3 is 2.09 bits per heavy atom. The first-order chi connectivity index (χ1) is 10.5. The van der Waals surface area contributed by atoms with Crippen LogP contribution in [0.2, 0.25) is 10.0 Å². The minimum atomic E-state index is -0.233. The number of nitrogens with one attached hydrogen (secondary N) is 1. The second-order valence-electron chi connectivity index (χ2n) is 5.29. The molecular formula is C17H18Cl2FNO. The third-order valence-corrected chi connectivity index (χ3v) is 3.54. The Morgan fingerprint density at radius 2 is 1.55 bits per heavy atom. The summed E-state index contributed by atoms with van der Waals surface area (Å²) < 4.78 is 18.4. The lowest BCUT2D eigenvalue weighted by Gasteiger charge is -2.14. The van der Waals surface area contributed by atoms with Crippen molar-refractivity contribution in [2.75, 3.05) is 0 Å². The average Bonchev–Trinajstić information content (AvgIpc) is 2.45. The fourth-order valence-electron chi connectivity index (χ4n) is 2.02. The summed E-state index contributed by atoms with van der Waals surface area (Å²) in [6, 6.07) is 10.1. The van der Waals surface area contributed by atoms with E-state index in [1.807, 2.05) is 26.0 Å². The lowest BCUT2D eigenvalue weighted by Crippen LogP contribution is -2.13. The van der Waals surface area contributed by atoms with Gasteiger partial charge in [0.25, 0.3) is 0 Å². The van der Waals surface area contributed by atoms with Gasteiger partial charge in [-0.05, 0) is 49.2 Å². The SMILES string of the molecule is CC(C)Oc1c(Cl)cc(CNCc2ccc(F)cc2)cc1Cl. The van der Waals surface area contributed by atoms with Crippen LogP contribution in [0.15, 0.2) is 36.4 Å². The van der Waals surface area contributed by atoms with Crippen molar-refractivity contribution in [1.29, 1.82) is 0 Å². The zero-order valence-electron chi connectivity index (χ0n) is 12.5. The fourth-order valence-corrected chi connectivity index (χ4v) is 2.64. The molecular weight excluding hydrogens is 324 g/mol. The van der Waals surface area contributed by atoms with Gasteiger partial charge in [0, 0.05) is 13.1 Å². The molecule has 0 saturated heterocycles. The normalized spacial score (nSPS) is 11.0. The predicted molar refractivity (Wildman–Crippen MR) is 89.2 cm³/mol. The average molecular weight is 342 g/mol. The van der Waals surface area contributed by atoms with Crippen molar-refractivity contribution < 1.29 is 9.13 Å². The van der Waals surface area contributed by atoms with E-state index in [2.05, 4.69) is 5.32 Å². The number of halogens is 3. The van der Waals surface area contributed by atoms with Gasteiger partial charge in [0.1, 0.15) is 5.82 Å². The summed E-state index contributed by atoms with van der Waals surface area (Å²) in [5.74, 6) is 0.281. The van der Waals surface area contributed by atoms with Crippen molar-refractivity contribution in [2.45, 2.75) is 33.0 Å². The Morgan fingerprint density at radius 1 is 1.00 bits per heavy atom. The molecule has 2 aromatic carbocycles. The van der Waals surface area contributed by atoms with Gasteiger partial charge < -0.3 is 10.1 Å². The van der Waals surface area contributed by atoms with Crippen molar-refractivity contribution in [3.63, 3.8) is 0 Å². The summed E-state index contributed by atoms with van der Waals surface area (Å²) in [6.45, 7) is 5.09. The maximum Gasteiger partial charge on any atom is 0.156 e. The molecule has 0 heterocycles. The van der Waals surface area contributed by atoms with Crippen LogP contribution in [0.3, 0.4) is 0 Å². The van der Waals surface area contributed by atoms with E-state index in [9.17, 15) is 4.39 Å². The molecule has 0 unspecified atom stereocenters. The van der Waals surface area contributed by atoms with E-state index in [1.165, 1.54) is 12.1 Å². The highest BCUT2D eigenvalue weighted by molar-refractivity contribution is 6.37. The molecule has 0 bridgehead atoms. The molecule has 0 spiro atoms. The van der Waals surface area contributed by atoms with Gasteiger partial charge in [-0.1, -0.05) is 35.3 Å². The van der Waals surface area contributed by atoms with E-state index in [4.69, 9.17) is 27.9 Å². The Balaban J connectivity index is 1.97. The fraction of sp³-hybridized carbons (Fsp3) is 0.294. The summed E-state index contributed by atoms with van der Waals surface area (Å²) in [5.41, 5.74) is 1.98. The Kier molecular flexibility index (Phi) is 6.07. The van der Waals surface area contributed by atoms with Gasteiger partial charge in [-0.2, -0.15) is 0 Å². The van der Waals surface area contributed by atoms with Gasteiger partial charge in [0.2, 0.25) is 0 Å². The van der Waals surface area contributed by atoms with Crippen LogP contribution in [0.25, 0.3) is 0 Å². The lowest BCUT2D eigenvalue weighted by atomic mass is 10.2. The van der Waals surface area contributed by atoms with Crippen LogP contribution in [0.4, 0.5) is 4.39 Å².